The van der Waals surface area contributed by atoms with Crippen LogP contribution in [0.3, 0.4) is 0 Å². The van der Waals surface area contributed by atoms with Gasteiger partial charge in [0.15, 0.2) is 0 Å². The molecule has 142 valence electrons. The van der Waals surface area contributed by atoms with E-state index in [0.717, 1.165) is 0 Å². The fourth-order valence-electron chi connectivity index (χ4n) is 2.36. The van der Waals surface area contributed by atoms with Gasteiger partial charge in [0.05, 0.1) is 15.2 Å². The summed E-state index contributed by atoms with van der Waals surface area (Å²) in [5.41, 5.74) is -0.824. The van der Waals surface area contributed by atoms with E-state index in [2.05, 4.69) is 0 Å². The molecule has 0 aromatic heterocycles. The number of hydrogen-bond acceptors (Lipinski definition) is 7. The molecule has 0 bridgehead atoms. The Kier molecular flexibility index (Phi) is 5.37. The van der Waals surface area contributed by atoms with Crippen molar-refractivity contribution in [1.29, 1.82) is 0 Å². The Hall–Kier alpha value is -3.71. The molecule has 10 heteroatoms. The Morgan fingerprint density at radius 3 is 1.46 bits per heavy atom. The molecule has 9 nitrogen and oxygen atoms in total. The topological polar surface area (TPSA) is 122 Å². The van der Waals surface area contributed by atoms with Crippen molar-refractivity contribution in [3.05, 3.63) is 99.1 Å². The van der Waals surface area contributed by atoms with E-state index in [1.807, 2.05) is 0 Å². The van der Waals surface area contributed by atoms with Crippen LogP contribution in [0.4, 0.5) is 11.4 Å². The van der Waals surface area contributed by atoms with Crippen molar-refractivity contribution in [3.63, 3.8) is 0 Å². The van der Waals surface area contributed by atoms with Crippen LogP contribution in [-0.2, 0) is 4.57 Å². The van der Waals surface area contributed by atoms with E-state index in [1.165, 1.54) is 60.7 Å². The minimum atomic E-state index is -4.26. The largest absolute Gasteiger partial charge is 0.463 e. The number of rotatable bonds is 7. The standard InChI is InChI=1S/C18H13N2O7P/c21-19(22)15-10-4-6-12-17(15)26-28(25,14-8-2-1-3-9-14)27-18-13-7-5-11-16(18)20(23)24/h1-13H. The first kappa shape index (κ1) is 19.1. The molecule has 0 radical (unpaired) electrons. The lowest BCUT2D eigenvalue weighted by Gasteiger charge is -2.20. The summed E-state index contributed by atoms with van der Waals surface area (Å²) in [7, 11) is -4.26. The first-order valence-electron chi connectivity index (χ1n) is 7.92. The van der Waals surface area contributed by atoms with Gasteiger partial charge in [-0.2, -0.15) is 0 Å². The monoisotopic (exact) mass is 400 g/mol. The third-order valence-electron chi connectivity index (χ3n) is 3.63. The highest BCUT2D eigenvalue weighted by molar-refractivity contribution is 7.63. The Morgan fingerprint density at radius 2 is 1.04 bits per heavy atom. The maximum absolute atomic E-state index is 13.6. The molecule has 0 N–H and O–H groups in total. The Bertz CT molecular complexity index is 1010. The fourth-order valence-corrected chi connectivity index (χ4v) is 3.98. The number of hydrogen-bond donors (Lipinski definition) is 0. The molecule has 3 rings (SSSR count). The van der Waals surface area contributed by atoms with Crippen molar-refractivity contribution in [3.8, 4) is 11.5 Å². The van der Waals surface area contributed by atoms with Crippen LogP contribution in [0.2, 0.25) is 0 Å². The van der Waals surface area contributed by atoms with Crippen LogP contribution in [0.25, 0.3) is 0 Å². The molecule has 0 saturated heterocycles. The lowest BCUT2D eigenvalue weighted by atomic mass is 10.3. The van der Waals surface area contributed by atoms with Crippen LogP contribution < -0.4 is 14.4 Å². The molecule has 0 unspecified atom stereocenters. The van der Waals surface area contributed by atoms with E-state index in [0.29, 0.717) is 0 Å². The summed E-state index contributed by atoms with van der Waals surface area (Å²) in [6.07, 6.45) is 0. The predicted octanol–water partition coefficient (Wildman–Crippen LogP) is 4.48. The van der Waals surface area contributed by atoms with Crippen LogP contribution in [0.5, 0.6) is 11.5 Å². The first-order chi connectivity index (χ1) is 13.4. The molecule has 0 spiro atoms. The van der Waals surface area contributed by atoms with Gasteiger partial charge in [-0.1, -0.05) is 42.5 Å². The average Bonchev–Trinajstić information content (AvgIpc) is 2.69. The SMILES string of the molecule is O=[N+]([O-])c1ccccc1OP(=O)(Oc1ccccc1[N+](=O)[O-])c1ccccc1. The van der Waals surface area contributed by atoms with E-state index < -0.39 is 28.8 Å². The average molecular weight is 400 g/mol. The Morgan fingerprint density at radius 1 is 0.643 bits per heavy atom. The summed E-state index contributed by atoms with van der Waals surface area (Å²) in [6.45, 7) is 0. The van der Waals surface area contributed by atoms with E-state index in [1.54, 1.807) is 18.2 Å². The summed E-state index contributed by atoms with van der Waals surface area (Å²) in [4.78, 5) is 21.1. The summed E-state index contributed by atoms with van der Waals surface area (Å²) in [6, 6.07) is 18.5. The zero-order chi connectivity index (χ0) is 20.1. The van der Waals surface area contributed by atoms with Gasteiger partial charge in [0.1, 0.15) is 0 Å². The number of para-hydroxylation sites is 4. The number of benzene rings is 3. The molecule has 3 aromatic carbocycles. The van der Waals surface area contributed by atoms with Crippen LogP contribution in [0.15, 0.2) is 78.9 Å². The van der Waals surface area contributed by atoms with Gasteiger partial charge in [0.25, 0.3) is 0 Å². The van der Waals surface area contributed by atoms with Crippen molar-refractivity contribution < 1.29 is 23.5 Å². The summed E-state index contributed by atoms with van der Waals surface area (Å²) in [5.74, 6) is -0.559. The normalized spacial score (nSPS) is 10.9. The second-order valence-electron chi connectivity index (χ2n) is 5.47. The number of nitro benzene ring substituents is 2. The third kappa shape index (κ3) is 3.99. The molecule has 0 aliphatic heterocycles. The minimum Gasteiger partial charge on any atom is -0.405 e. The Labute approximate surface area is 159 Å². The number of nitro groups is 2. The second-order valence-corrected chi connectivity index (χ2v) is 7.34. The third-order valence-corrected chi connectivity index (χ3v) is 5.44. The summed E-state index contributed by atoms with van der Waals surface area (Å²) in [5, 5.41) is 22.6. The van der Waals surface area contributed by atoms with E-state index in [4.69, 9.17) is 9.05 Å². The Balaban J connectivity index is 2.10. The van der Waals surface area contributed by atoms with Crippen molar-refractivity contribution in [2.45, 2.75) is 0 Å². The van der Waals surface area contributed by atoms with Crippen molar-refractivity contribution in [1.82, 2.24) is 0 Å². The van der Waals surface area contributed by atoms with Gasteiger partial charge >= 0.3 is 19.0 Å². The molecular weight excluding hydrogens is 387 g/mol. The van der Waals surface area contributed by atoms with Crippen molar-refractivity contribution in [2.75, 3.05) is 0 Å². The van der Waals surface area contributed by atoms with Gasteiger partial charge in [-0.25, -0.2) is 4.57 Å². The predicted molar refractivity (Wildman–Crippen MR) is 101 cm³/mol. The maximum Gasteiger partial charge on any atom is 0.463 e. The molecular formula is C18H13N2O7P. The molecule has 0 aliphatic rings. The highest BCUT2D eigenvalue weighted by atomic mass is 31.2. The van der Waals surface area contributed by atoms with Crippen LogP contribution in [0, 0.1) is 20.2 Å². The zero-order valence-corrected chi connectivity index (χ0v) is 15.1. The smallest absolute Gasteiger partial charge is 0.405 e. The first-order valence-corrected chi connectivity index (χ1v) is 9.47. The lowest BCUT2D eigenvalue weighted by Crippen LogP contribution is -2.15. The molecule has 3 aromatic rings. The van der Waals surface area contributed by atoms with Crippen molar-refractivity contribution in [2.24, 2.45) is 0 Å². The molecule has 0 aliphatic carbocycles. The quantitative estimate of drug-likeness (QED) is 0.325. The van der Waals surface area contributed by atoms with E-state index >= 15 is 0 Å². The molecule has 0 atom stereocenters. The molecule has 28 heavy (non-hydrogen) atoms. The van der Waals surface area contributed by atoms with Gasteiger partial charge < -0.3 is 9.05 Å². The minimum absolute atomic E-state index is 0.0892. The zero-order valence-electron chi connectivity index (χ0n) is 14.2. The van der Waals surface area contributed by atoms with Gasteiger partial charge in [0.2, 0.25) is 11.5 Å². The van der Waals surface area contributed by atoms with Crippen LogP contribution in [0.1, 0.15) is 0 Å². The van der Waals surface area contributed by atoms with Crippen LogP contribution in [-0.4, -0.2) is 9.85 Å². The maximum atomic E-state index is 13.6. The second kappa shape index (κ2) is 7.89. The highest BCUT2D eigenvalue weighted by Crippen LogP contribution is 2.51. The van der Waals surface area contributed by atoms with Gasteiger partial charge in [-0.3, -0.25) is 20.2 Å². The van der Waals surface area contributed by atoms with E-state index in [-0.39, 0.29) is 16.8 Å². The lowest BCUT2D eigenvalue weighted by molar-refractivity contribution is -0.385. The molecule has 0 heterocycles. The van der Waals surface area contributed by atoms with Gasteiger partial charge in [-0.05, 0) is 24.3 Å². The summed E-state index contributed by atoms with van der Waals surface area (Å²) < 4.78 is 24.6. The molecule has 0 saturated carbocycles. The molecule has 0 amide bonds. The number of nitrogens with zero attached hydrogens (tertiary/aromatic N) is 2. The van der Waals surface area contributed by atoms with Crippen molar-refractivity contribution >= 4 is 24.3 Å². The van der Waals surface area contributed by atoms with E-state index in [9.17, 15) is 24.8 Å². The van der Waals surface area contributed by atoms with Gasteiger partial charge in [-0.15, -0.1) is 0 Å². The van der Waals surface area contributed by atoms with Crippen LogP contribution >= 0.6 is 7.60 Å². The fraction of sp³-hybridized carbons (Fsp3) is 0. The summed E-state index contributed by atoms with van der Waals surface area (Å²) >= 11 is 0. The molecule has 0 fully saturated rings. The highest BCUT2D eigenvalue weighted by Gasteiger charge is 2.35. The van der Waals surface area contributed by atoms with Gasteiger partial charge in [0, 0.05) is 12.1 Å².